The van der Waals surface area contributed by atoms with Gasteiger partial charge in [0, 0.05) is 19.7 Å². The fourth-order valence-electron chi connectivity index (χ4n) is 3.93. The standard InChI is InChI=1S/C15H28N2O2/c1-10(14-9-12-4-5-13(14)8-12)17-11(2)15(18)16-6-7-19-3/h10-14,17H,4-9H2,1-3H3,(H,16,18)/t10?,11?,12-,13+,14?/m0/s1. The van der Waals surface area contributed by atoms with Gasteiger partial charge in [-0.15, -0.1) is 0 Å². The summed E-state index contributed by atoms with van der Waals surface area (Å²) in [6.45, 7) is 5.35. The molecule has 0 aliphatic heterocycles. The third-order valence-corrected chi connectivity index (χ3v) is 4.95. The summed E-state index contributed by atoms with van der Waals surface area (Å²) >= 11 is 0. The maximum Gasteiger partial charge on any atom is 0.236 e. The van der Waals surface area contributed by atoms with Gasteiger partial charge in [-0.2, -0.15) is 0 Å². The second-order valence-corrected chi connectivity index (χ2v) is 6.30. The van der Waals surface area contributed by atoms with Crippen LogP contribution in [0.3, 0.4) is 0 Å². The lowest BCUT2D eigenvalue weighted by Gasteiger charge is -2.30. The first-order valence-corrected chi connectivity index (χ1v) is 7.64. The first kappa shape index (κ1) is 14.8. The van der Waals surface area contributed by atoms with Gasteiger partial charge in [0.15, 0.2) is 0 Å². The van der Waals surface area contributed by atoms with Gasteiger partial charge in [-0.25, -0.2) is 0 Å². The summed E-state index contributed by atoms with van der Waals surface area (Å²) in [6, 6.07) is 0.324. The van der Waals surface area contributed by atoms with E-state index in [-0.39, 0.29) is 11.9 Å². The minimum atomic E-state index is -0.119. The van der Waals surface area contributed by atoms with Crippen molar-refractivity contribution < 1.29 is 9.53 Å². The van der Waals surface area contributed by atoms with E-state index in [0.29, 0.717) is 19.2 Å². The van der Waals surface area contributed by atoms with Gasteiger partial charge in [0.05, 0.1) is 12.6 Å². The minimum Gasteiger partial charge on any atom is -0.383 e. The maximum atomic E-state index is 11.9. The van der Waals surface area contributed by atoms with Crippen LogP contribution in [-0.2, 0) is 9.53 Å². The van der Waals surface area contributed by atoms with E-state index in [1.165, 1.54) is 25.7 Å². The molecule has 3 unspecified atom stereocenters. The zero-order valence-electron chi connectivity index (χ0n) is 12.4. The molecule has 2 aliphatic rings. The molecular weight excluding hydrogens is 240 g/mol. The number of methoxy groups -OCH3 is 1. The molecule has 0 aromatic carbocycles. The van der Waals surface area contributed by atoms with Gasteiger partial charge in [0.2, 0.25) is 5.91 Å². The van der Waals surface area contributed by atoms with Crippen LogP contribution in [0, 0.1) is 17.8 Å². The van der Waals surface area contributed by atoms with E-state index in [4.69, 9.17) is 4.74 Å². The van der Waals surface area contributed by atoms with Crippen molar-refractivity contribution in [2.75, 3.05) is 20.3 Å². The Morgan fingerprint density at radius 1 is 1.32 bits per heavy atom. The molecule has 19 heavy (non-hydrogen) atoms. The van der Waals surface area contributed by atoms with Crippen molar-refractivity contribution in [3.63, 3.8) is 0 Å². The summed E-state index contributed by atoms with van der Waals surface area (Å²) in [4.78, 5) is 11.9. The first-order valence-electron chi connectivity index (χ1n) is 7.64. The van der Waals surface area contributed by atoms with Crippen molar-refractivity contribution in [1.29, 1.82) is 0 Å². The molecule has 1 amide bonds. The van der Waals surface area contributed by atoms with Crippen LogP contribution in [0.2, 0.25) is 0 Å². The molecule has 110 valence electrons. The normalized spacial score (nSPS) is 32.3. The second-order valence-electron chi connectivity index (χ2n) is 6.30. The molecular formula is C15H28N2O2. The maximum absolute atomic E-state index is 11.9. The van der Waals surface area contributed by atoms with E-state index >= 15 is 0 Å². The predicted molar refractivity (Wildman–Crippen MR) is 75.9 cm³/mol. The molecule has 0 radical (unpaired) electrons. The number of carbonyl (C=O) groups is 1. The Morgan fingerprint density at radius 2 is 2.11 bits per heavy atom. The van der Waals surface area contributed by atoms with E-state index in [9.17, 15) is 4.79 Å². The van der Waals surface area contributed by atoms with E-state index < -0.39 is 0 Å². The Bertz CT molecular complexity index is 309. The van der Waals surface area contributed by atoms with Crippen molar-refractivity contribution >= 4 is 5.91 Å². The van der Waals surface area contributed by atoms with Crippen molar-refractivity contribution in [3.8, 4) is 0 Å². The van der Waals surface area contributed by atoms with Crippen molar-refractivity contribution in [1.82, 2.24) is 10.6 Å². The van der Waals surface area contributed by atoms with E-state index in [1.807, 2.05) is 6.92 Å². The van der Waals surface area contributed by atoms with Crippen molar-refractivity contribution in [2.24, 2.45) is 17.8 Å². The number of amides is 1. The summed E-state index contributed by atoms with van der Waals surface area (Å²) in [5.74, 6) is 2.71. The van der Waals surface area contributed by atoms with E-state index in [2.05, 4.69) is 17.6 Å². The Labute approximate surface area is 116 Å². The quantitative estimate of drug-likeness (QED) is 0.689. The molecule has 5 atom stereocenters. The second kappa shape index (κ2) is 6.71. The van der Waals surface area contributed by atoms with Crippen LogP contribution in [0.1, 0.15) is 39.5 Å². The van der Waals surface area contributed by atoms with Gasteiger partial charge in [0.25, 0.3) is 0 Å². The molecule has 2 bridgehead atoms. The topological polar surface area (TPSA) is 50.4 Å². The summed E-state index contributed by atoms with van der Waals surface area (Å²) in [5, 5.41) is 6.37. The van der Waals surface area contributed by atoms with Gasteiger partial charge in [-0.05, 0) is 50.9 Å². The molecule has 4 heteroatoms. The lowest BCUT2D eigenvalue weighted by atomic mass is 9.84. The average molecular weight is 268 g/mol. The number of ether oxygens (including phenoxy) is 1. The van der Waals surface area contributed by atoms with E-state index in [0.717, 1.165) is 17.8 Å². The van der Waals surface area contributed by atoms with Crippen molar-refractivity contribution in [3.05, 3.63) is 0 Å². The van der Waals surface area contributed by atoms with Gasteiger partial charge in [0.1, 0.15) is 0 Å². The lowest BCUT2D eigenvalue weighted by Crippen LogP contribution is -2.49. The molecule has 0 saturated heterocycles. The highest BCUT2D eigenvalue weighted by Crippen LogP contribution is 2.49. The number of hydrogen-bond acceptors (Lipinski definition) is 3. The molecule has 0 heterocycles. The molecule has 2 rings (SSSR count). The molecule has 2 aliphatic carbocycles. The third-order valence-electron chi connectivity index (χ3n) is 4.95. The Kier molecular flexibility index (Phi) is 5.22. The van der Waals surface area contributed by atoms with Crippen LogP contribution < -0.4 is 10.6 Å². The highest BCUT2D eigenvalue weighted by molar-refractivity contribution is 5.81. The van der Waals surface area contributed by atoms with Crippen LogP contribution in [0.15, 0.2) is 0 Å². The van der Waals surface area contributed by atoms with Crippen LogP contribution in [-0.4, -0.2) is 38.3 Å². The Hall–Kier alpha value is -0.610. The largest absolute Gasteiger partial charge is 0.383 e. The average Bonchev–Trinajstić information content (AvgIpc) is 3.01. The van der Waals surface area contributed by atoms with Crippen LogP contribution in [0.5, 0.6) is 0 Å². The van der Waals surface area contributed by atoms with Gasteiger partial charge in [-0.1, -0.05) is 6.42 Å². The molecule has 0 aromatic heterocycles. The molecule has 0 aromatic rings. The van der Waals surface area contributed by atoms with E-state index in [1.54, 1.807) is 7.11 Å². The van der Waals surface area contributed by atoms with Crippen LogP contribution in [0.25, 0.3) is 0 Å². The SMILES string of the molecule is COCCNC(=O)C(C)NC(C)C1C[C@H]2CC[C@@H]1C2. The van der Waals surface area contributed by atoms with Crippen molar-refractivity contribution in [2.45, 2.75) is 51.6 Å². The Balaban J connectivity index is 1.72. The summed E-state index contributed by atoms with van der Waals surface area (Å²) < 4.78 is 4.93. The fraction of sp³-hybridized carbons (Fsp3) is 0.933. The highest BCUT2D eigenvalue weighted by atomic mass is 16.5. The highest BCUT2D eigenvalue weighted by Gasteiger charge is 2.42. The predicted octanol–water partition coefficient (Wildman–Crippen LogP) is 1.55. The molecule has 2 N–H and O–H groups in total. The van der Waals surface area contributed by atoms with Gasteiger partial charge in [-0.3, -0.25) is 4.79 Å². The monoisotopic (exact) mass is 268 g/mol. The summed E-state index contributed by atoms with van der Waals surface area (Å²) in [7, 11) is 1.64. The van der Waals surface area contributed by atoms with Gasteiger partial charge >= 0.3 is 0 Å². The minimum absolute atomic E-state index is 0.0760. The fourth-order valence-corrected chi connectivity index (χ4v) is 3.93. The van der Waals surface area contributed by atoms with Crippen LogP contribution in [0.4, 0.5) is 0 Å². The number of hydrogen-bond donors (Lipinski definition) is 2. The Morgan fingerprint density at radius 3 is 2.68 bits per heavy atom. The summed E-state index contributed by atoms with van der Waals surface area (Å²) in [6.07, 6.45) is 5.61. The molecule has 2 fully saturated rings. The summed E-state index contributed by atoms with van der Waals surface area (Å²) in [5.41, 5.74) is 0. The molecule has 0 spiro atoms. The molecule has 4 nitrogen and oxygen atoms in total. The third kappa shape index (κ3) is 3.69. The first-order chi connectivity index (χ1) is 9.11. The van der Waals surface area contributed by atoms with Crippen LogP contribution >= 0.6 is 0 Å². The number of rotatable bonds is 7. The number of nitrogens with one attached hydrogen (secondary N) is 2. The number of fused-ring (bicyclic) bond motifs is 2. The number of carbonyl (C=O) groups excluding carboxylic acids is 1. The zero-order valence-corrected chi connectivity index (χ0v) is 12.4. The van der Waals surface area contributed by atoms with Gasteiger partial charge < -0.3 is 15.4 Å². The molecule has 2 saturated carbocycles. The lowest BCUT2D eigenvalue weighted by molar-refractivity contribution is -0.123. The smallest absolute Gasteiger partial charge is 0.236 e. The zero-order chi connectivity index (χ0) is 13.8.